The Morgan fingerprint density at radius 2 is 2.00 bits per heavy atom. The Kier molecular flexibility index (Phi) is 4.59. The third-order valence-corrected chi connectivity index (χ3v) is 3.54. The van der Waals surface area contributed by atoms with Gasteiger partial charge >= 0.3 is 6.18 Å². The number of alkyl halides is 3. The van der Waals surface area contributed by atoms with Gasteiger partial charge in [0, 0.05) is 7.05 Å². The van der Waals surface area contributed by atoms with Gasteiger partial charge in [0.1, 0.15) is 5.76 Å². The summed E-state index contributed by atoms with van der Waals surface area (Å²) in [6.45, 7) is 1.79. The van der Waals surface area contributed by atoms with Crippen LogP contribution in [0.3, 0.4) is 0 Å². The number of benzene rings is 1. The molecule has 0 aliphatic rings. The summed E-state index contributed by atoms with van der Waals surface area (Å²) >= 11 is 0. The fraction of sp³-hybridized carbons (Fsp3) is 0.312. The molecule has 0 aliphatic carbocycles. The lowest BCUT2D eigenvalue weighted by Crippen LogP contribution is -2.30. The van der Waals surface area contributed by atoms with Crippen molar-refractivity contribution in [1.29, 1.82) is 0 Å². The Balaban J connectivity index is 2.09. The molecule has 1 unspecified atom stereocenters. The van der Waals surface area contributed by atoms with Crippen LogP contribution in [0.2, 0.25) is 0 Å². The molecule has 0 bridgehead atoms. The molecular weight excluding hydrogens is 295 g/mol. The number of nitrogens with zero attached hydrogens (tertiary/aromatic N) is 1. The number of hydrogen-bond donors (Lipinski definition) is 0. The van der Waals surface area contributed by atoms with E-state index >= 15 is 0 Å². The van der Waals surface area contributed by atoms with Crippen molar-refractivity contribution in [3.8, 4) is 0 Å². The molecule has 1 heterocycles. The minimum atomic E-state index is -4.41. The van der Waals surface area contributed by atoms with E-state index in [2.05, 4.69) is 0 Å². The standard InChI is InChI=1S/C16H16F3NO2/c1-11(14-7-4-8-22-14)20(2)15(21)10-12-5-3-6-13(9-12)16(17,18)19/h3-9,11H,10H2,1-2H3. The number of carbonyl (C=O) groups is 1. The van der Waals surface area contributed by atoms with Crippen LogP contribution in [0.25, 0.3) is 0 Å². The lowest BCUT2D eigenvalue weighted by Gasteiger charge is -2.23. The summed E-state index contributed by atoms with van der Waals surface area (Å²) in [5.41, 5.74) is -0.419. The molecule has 2 aromatic rings. The highest BCUT2D eigenvalue weighted by atomic mass is 19.4. The van der Waals surface area contributed by atoms with Crippen LogP contribution in [0.15, 0.2) is 47.1 Å². The van der Waals surface area contributed by atoms with Crippen molar-refractivity contribution in [3.63, 3.8) is 0 Å². The fourth-order valence-electron chi connectivity index (χ4n) is 2.09. The first kappa shape index (κ1) is 16.1. The van der Waals surface area contributed by atoms with E-state index in [1.165, 1.54) is 23.3 Å². The molecule has 0 saturated heterocycles. The summed E-state index contributed by atoms with van der Waals surface area (Å²) in [5.74, 6) is 0.350. The SMILES string of the molecule is CC(c1ccco1)N(C)C(=O)Cc1cccc(C(F)(F)F)c1. The molecule has 1 amide bonds. The van der Waals surface area contributed by atoms with Crippen molar-refractivity contribution >= 4 is 5.91 Å². The lowest BCUT2D eigenvalue weighted by molar-refractivity contribution is -0.138. The molecule has 1 atom stereocenters. The monoisotopic (exact) mass is 311 g/mol. The number of rotatable bonds is 4. The van der Waals surface area contributed by atoms with Gasteiger partial charge in [0.05, 0.1) is 24.3 Å². The van der Waals surface area contributed by atoms with Crippen molar-refractivity contribution in [2.45, 2.75) is 25.6 Å². The molecule has 0 aliphatic heterocycles. The van der Waals surface area contributed by atoms with Crippen LogP contribution in [0.1, 0.15) is 29.9 Å². The predicted molar refractivity (Wildman–Crippen MR) is 75.0 cm³/mol. The van der Waals surface area contributed by atoms with Crippen molar-refractivity contribution in [2.24, 2.45) is 0 Å². The van der Waals surface area contributed by atoms with Crippen LogP contribution >= 0.6 is 0 Å². The van der Waals surface area contributed by atoms with Crippen molar-refractivity contribution in [1.82, 2.24) is 4.90 Å². The summed E-state index contributed by atoms with van der Waals surface area (Å²) in [4.78, 5) is 13.7. The summed E-state index contributed by atoms with van der Waals surface area (Å²) in [6.07, 6.45) is -2.99. The number of halogens is 3. The van der Waals surface area contributed by atoms with Crippen molar-refractivity contribution < 1.29 is 22.4 Å². The fourth-order valence-corrected chi connectivity index (χ4v) is 2.09. The highest BCUT2D eigenvalue weighted by Gasteiger charge is 2.30. The van der Waals surface area contributed by atoms with Crippen LogP contribution < -0.4 is 0 Å². The van der Waals surface area contributed by atoms with E-state index in [1.54, 1.807) is 26.1 Å². The molecule has 22 heavy (non-hydrogen) atoms. The Morgan fingerprint density at radius 1 is 1.27 bits per heavy atom. The zero-order chi connectivity index (χ0) is 16.3. The smallest absolute Gasteiger partial charge is 0.416 e. The van der Waals surface area contributed by atoms with E-state index in [0.717, 1.165) is 12.1 Å². The second-order valence-electron chi connectivity index (χ2n) is 5.07. The number of hydrogen-bond acceptors (Lipinski definition) is 2. The molecule has 0 fully saturated rings. The highest BCUT2D eigenvalue weighted by molar-refractivity contribution is 5.79. The first-order valence-corrected chi connectivity index (χ1v) is 6.74. The van der Waals surface area contributed by atoms with Gasteiger partial charge in [-0.1, -0.05) is 18.2 Å². The van der Waals surface area contributed by atoms with Gasteiger partial charge in [0.25, 0.3) is 0 Å². The molecule has 0 spiro atoms. The molecular formula is C16H16F3NO2. The Bertz CT molecular complexity index is 635. The maximum Gasteiger partial charge on any atom is 0.416 e. The number of furan rings is 1. The molecule has 118 valence electrons. The molecule has 1 aromatic heterocycles. The van der Waals surface area contributed by atoms with Gasteiger partial charge in [-0.2, -0.15) is 13.2 Å². The number of amides is 1. The normalized spacial score (nSPS) is 13.0. The molecule has 0 saturated carbocycles. The Labute approximate surface area is 126 Å². The molecule has 2 rings (SSSR count). The first-order chi connectivity index (χ1) is 10.3. The highest BCUT2D eigenvalue weighted by Crippen LogP contribution is 2.29. The van der Waals surface area contributed by atoms with Gasteiger partial charge in [-0.3, -0.25) is 4.79 Å². The van der Waals surface area contributed by atoms with E-state index in [1.807, 2.05) is 0 Å². The van der Waals surface area contributed by atoms with E-state index in [-0.39, 0.29) is 18.4 Å². The maximum atomic E-state index is 12.7. The van der Waals surface area contributed by atoms with Gasteiger partial charge in [0.2, 0.25) is 5.91 Å². The van der Waals surface area contributed by atoms with Crippen LogP contribution in [0, 0.1) is 0 Å². The largest absolute Gasteiger partial charge is 0.467 e. The summed E-state index contributed by atoms with van der Waals surface area (Å²) in [5, 5.41) is 0. The third kappa shape index (κ3) is 3.69. The topological polar surface area (TPSA) is 33.5 Å². The number of likely N-dealkylation sites (N-methyl/N-ethyl adjacent to an activating group) is 1. The summed E-state index contributed by atoms with van der Waals surface area (Å²) < 4.78 is 43.2. The van der Waals surface area contributed by atoms with Crippen LogP contribution in [0.4, 0.5) is 13.2 Å². The summed E-state index contributed by atoms with van der Waals surface area (Å²) in [7, 11) is 1.60. The molecule has 6 heteroatoms. The Morgan fingerprint density at radius 3 is 2.59 bits per heavy atom. The Hall–Kier alpha value is -2.24. The lowest BCUT2D eigenvalue weighted by atomic mass is 10.1. The van der Waals surface area contributed by atoms with Crippen LogP contribution in [-0.4, -0.2) is 17.9 Å². The van der Waals surface area contributed by atoms with E-state index in [0.29, 0.717) is 11.3 Å². The van der Waals surface area contributed by atoms with Gasteiger partial charge in [-0.15, -0.1) is 0 Å². The third-order valence-electron chi connectivity index (χ3n) is 3.54. The van der Waals surface area contributed by atoms with Gasteiger partial charge in [-0.25, -0.2) is 0 Å². The van der Waals surface area contributed by atoms with Gasteiger partial charge < -0.3 is 9.32 Å². The van der Waals surface area contributed by atoms with Crippen LogP contribution in [0.5, 0.6) is 0 Å². The number of carbonyl (C=O) groups excluding carboxylic acids is 1. The second kappa shape index (κ2) is 6.25. The predicted octanol–water partition coefficient (Wildman–Crippen LogP) is 4.06. The van der Waals surface area contributed by atoms with E-state index in [4.69, 9.17) is 4.42 Å². The average Bonchev–Trinajstić information content (AvgIpc) is 2.99. The molecule has 3 nitrogen and oxygen atoms in total. The quantitative estimate of drug-likeness (QED) is 0.853. The average molecular weight is 311 g/mol. The zero-order valence-corrected chi connectivity index (χ0v) is 12.2. The minimum absolute atomic E-state index is 0.0918. The maximum absolute atomic E-state index is 12.7. The van der Waals surface area contributed by atoms with Gasteiger partial charge in [0.15, 0.2) is 0 Å². The molecule has 0 N–H and O–H groups in total. The van der Waals surface area contributed by atoms with Gasteiger partial charge in [-0.05, 0) is 30.7 Å². The van der Waals surface area contributed by atoms with E-state index < -0.39 is 11.7 Å². The first-order valence-electron chi connectivity index (χ1n) is 6.74. The van der Waals surface area contributed by atoms with Crippen molar-refractivity contribution in [3.05, 3.63) is 59.5 Å². The van der Waals surface area contributed by atoms with Crippen molar-refractivity contribution in [2.75, 3.05) is 7.05 Å². The zero-order valence-electron chi connectivity index (χ0n) is 12.2. The molecule has 1 aromatic carbocycles. The van der Waals surface area contributed by atoms with Crippen LogP contribution in [-0.2, 0) is 17.4 Å². The van der Waals surface area contributed by atoms with E-state index in [9.17, 15) is 18.0 Å². The summed E-state index contributed by atoms with van der Waals surface area (Å²) in [6, 6.07) is 8.00. The second-order valence-corrected chi connectivity index (χ2v) is 5.07. The molecule has 0 radical (unpaired) electrons. The minimum Gasteiger partial charge on any atom is -0.467 e.